The monoisotopic (exact) mass is 358 g/mol. The van der Waals surface area contributed by atoms with Crippen LogP contribution >= 0.6 is 7.60 Å². The summed E-state index contributed by atoms with van der Waals surface area (Å²) in [4.78, 5) is 19.7. The summed E-state index contributed by atoms with van der Waals surface area (Å²) < 4.78 is 18.2. The van der Waals surface area contributed by atoms with Crippen LogP contribution < -0.4 is 18.9 Å². The minimum absolute atomic E-state index is 0.191. The molecule has 138 valence electrons. The number of aryl methyl sites for hydroxylation is 4. The third kappa shape index (κ3) is 12.0. The highest BCUT2D eigenvalue weighted by Gasteiger charge is 1.93. The highest BCUT2D eigenvalue weighted by atomic mass is 31.2. The lowest BCUT2D eigenvalue weighted by Gasteiger charge is -2.28. The van der Waals surface area contributed by atoms with Gasteiger partial charge in [0.25, 0.3) is 0 Å². The smallest absolute Gasteiger partial charge is 0.243 e. The molecule has 24 heavy (non-hydrogen) atoms. The van der Waals surface area contributed by atoms with Crippen LogP contribution in [0.15, 0.2) is 37.4 Å². The number of unbranched alkanes of at least 4 members (excludes halogenated alkanes) is 1. The fourth-order valence-electron chi connectivity index (χ4n) is 1.73. The van der Waals surface area contributed by atoms with Crippen LogP contribution in [0, 0.1) is 0 Å². The van der Waals surface area contributed by atoms with E-state index in [4.69, 9.17) is 0 Å². The first-order valence-corrected chi connectivity index (χ1v) is 9.97. The van der Waals surface area contributed by atoms with Crippen molar-refractivity contribution in [3.05, 3.63) is 37.4 Å². The van der Waals surface area contributed by atoms with Gasteiger partial charge < -0.3 is 14.4 Å². The summed E-state index contributed by atoms with van der Waals surface area (Å²) in [6.07, 6.45) is 13.3. The molecule has 2 heterocycles. The molecular weight excluding hydrogens is 327 g/mol. The molecule has 7 nitrogen and oxygen atoms in total. The molecule has 0 unspecified atom stereocenters. The molecule has 2 aromatic heterocycles. The Morgan fingerprint density at radius 1 is 0.917 bits per heavy atom. The van der Waals surface area contributed by atoms with E-state index in [2.05, 4.69) is 48.0 Å². The van der Waals surface area contributed by atoms with E-state index >= 15 is 0 Å². The molecule has 0 saturated carbocycles. The molecule has 0 spiro atoms. The molecule has 0 N–H and O–H groups in total. The lowest BCUT2D eigenvalue weighted by atomic mass is 10.4. The SMILES string of the molecule is CCCCP(=O)([O-])[O-].CCn1cc[n+](C)c1.CCn1cc[n+](C)c1. The van der Waals surface area contributed by atoms with Gasteiger partial charge in [-0.15, -0.1) is 0 Å². The van der Waals surface area contributed by atoms with Gasteiger partial charge in [-0.1, -0.05) is 20.9 Å². The Kier molecular flexibility index (Phi) is 11.3. The first-order valence-electron chi connectivity index (χ1n) is 8.24. The van der Waals surface area contributed by atoms with Crippen molar-refractivity contribution >= 4 is 7.60 Å². The molecule has 2 rings (SSSR count). The van der Waals surface area contributed by atoms with Crippen LogP contribution in [0.25, 0.3) is 0 Å². The van der Waals surface area contributed by atoms with Crippen LogP contribution in [0.5, 0.6) is 0 Å². The van der Waals surface area contributed by atoms with Gasteiger partial charge in [0.1, 0.15) is 24.8 Å². The standard InChI is InChI=1S/2C6H11N2.C4H11O3P/c2*1-3-8-5-4-7(2)6-8;1-2-3-4-8(5,6)7/h2*4-6H,3H2,1-2H3;2-4H2,1H3,(H2,5,6,7)/q2*+1;/p-2. The van der Waals surface area contributed by atoms with Crippen molar-refractivity contribution in [1.82, 2.24) is 9.13 Å². The second kappa shape index (κ2) is 12.0. The van der Waals surface area contributed by atoms with E-state index in [1.807, 2.05) is 42.5 Å². The summed E-state index contributed by atoms with van der Waals surface area (Å²) in [5, 5.41) is 0. The minimum atomic E-state index is -4.18. The highest BCUT2D eigenvalue weighted by Crippen LogP contribution is 2.23. The quantitative estimate of drug-likeness (QED) is 0.572. The first-order chi connectivity index (χ1) is 11.2. The zero-order valence-corrected chi connectivity index (χ0v) is 16.4. The fraction of sp³-hybridized carbons (Fsp3) is 0.625. The van der Waals surface area contributed by atoms with Gasteiger partial charge in [-0.3, -0.25) is 0 Å². The molecule has 0 aliphatic carbocycles. The average molecular weight is 358 g/mol. The van der Waals surface area contributed by atoms with Gasteiger partial charge in [0.2, 0.25) is 12.7 Å². The Hall–Kier alpha value is -1.43. The fourth-order valence-corrected chi connectivity index (χ4v) is 2.43. The van der Waals surface area contributed by atoms with Crippen LogP contribution in [-0.2, 0) is 31.7 Å². The van der Waals surface area contributed by atoms with E-state index in [1.165, 1.54) is 0 Å². The molecule has 0 amide bonds. The summed E-state index contributed by atoms with van der Waals surface area (Å²) in [5.41, 5.74) is 0. The second-order valence-corrected chi connectivity index (χ2v) is 7.18. The number of nitrogens with zero attached hydrogens (tertiary/aromatic N) is 4. The third-order valence-electron chi connectivity index (χ3n) is 3.16. The lowest BCUT2D eigenvalue weighted by Crippen LogP contribution is -2.23. The van der Waals surface area contributed by atoms with Crippen LogP contribution in [0.2, 0.25) is 0 Å². The van der Waals surface area contributed by atoms with E-state index in [0.29, 0.717) is 6.42 Å². The number of imidazole rings is 2. The van der Waals surface area contributed by atoms with Crippen LogP contribution in [0.1, 0.15) is 33.6 Å². The number of rotatable bonds is 5. The largest absolute Gasteiger partial charge is 0.811 e. The Bertz CT molecular complexity index is 564. The van der Waals surface area contributed by atoms with Crippen LogP contribution in [-0.4, -0.2) is 15.3 Å². The minimum Gasteiger partial charge on any atom is -0.811 e. The predicted molar refractivity (Wildman–Crippen MR) is 89.9 cm³/mol. The molecule has 0 aromatic carbocycles. The van der Waals surface area contributed by atoms with E-state index in [-0.39, 0.29) is 6.16 Å². The summed E-state index contributed by atoms with van der Waals surface area (Å²) in [5.74, 6) is 0. The maximum Gasteiger partial charge on any atom is 0.243 e. The summed E-state index contributed by atoms with van der Waals surface area (Å²) in [6, 6.07) is 0. The van der Waals surface area contributed by atoms with E-state index in [9.17, 15) is 14.4 Å². The lowest BCUT2D eigenvalue weighted by molar-refractivity contribution is -0.671. The topological polar surface area (TPSA) is 80.8 Å². The molecule has 0 bridgehead atoms. The zero-order chi connectivity index (χ0) is 18.6. The Balaban J connectivity index is 0.000000331. The molecule has 8 heteroatoms. The van der Waals surface area contributed by atoms with Crippen molar-refractivity contribution in [2.45, 2.75) is 46.7 Å². The summed E-state index contributed by atoms with van der Waals surface area (Å²) in [6.45, 7) is 8.21. The molecule has 0 fully saturated rings. The van der Waals surface area contributed by atoms with Crippen molar-refractivity contribution in [2.24, 2.45) is 14.1 Å². The predicted octanol–water partition coefficient (Wildman–Crippen LogP) is 0.365. The Morgan fingerprint density at radius 3 is 1.46 bits per heavy atom. The molecule has 0 saturated heterocycles. The third-order valence-corrected chi connectivity index (χ3v) is 4.03. The second-order valence-electron chi connectivity index (χ2n) is 5.51. The molecule has 0 aliphatic heterocycles. The van der Waals surface area contributed by atoms with Gasteiger partial charge in [0.15, 0.2) is 0 Å². The van der Waals surface area contributed by atoms with Crippen molar-refractivity contribution in [3.63, 3.8) is 0 Å². The Morgan fingerprint density at radius 2 is 1.33 bits per heavy atom. The van der Waals surface area contributed by atoms with Crippen molar-refractivity contribution in [2.75, 3.05) is 6.16 Å². The molecule has 0 aliphatic rings. The number of hydrogen-bond acceptors (Lipinski definition) is 3. The van der Waals surface area contributed by atoms with Gasteiger partial charge in [-0.2, -0.15) is 0 Å². The maximum atomic E-state index is 9.86. The molecular formula is C16H31N4O3P. The maximum absolute atomic E-state index is 9.86. The van der Waals surface area contributed by atoms with Gasteiger partial charge in [0, 0.05) is 0 Å². The van der Waals surface area contributed by atoms with E-state index < -0.39 is 7.60 Å². The summed E-state index contributed by atoms with van der Waals surface area (Å²) >= 11 is 0. The average Bonchev–Trinajstić information content (AvgIpc) is 3.13. The number of hydrogen-bond donors (Lipinski definition) is 0. The number of aromatic nitrogens is 4. The van der Waals surface area contributed by atoms with Crippen molar-refractivity contribution in [1.29, 1.82) is 0 Å². The van der Waals surface area contributed by atoms with Crippen LogP contribution in [0.3, 0.4) is 0 Å². The van der Waals surface area contributed by atoms with Crippen molar-refractivity contribution in [3.8, 4) is 0 Å². The van der Waals surface area contributed by atoms with Gasteiger partial charge >= 0.3 is 0 Å². The Labute approximate surface area is 145 Å². The first kappa shape index (κ1) is 22.6. The normalized spacial score (nSPS) is 10.5. The van der Waals surface area contributed by atoms with Gasteiger partial charge in [-0.05, 0) is 26.4 Å². The molecule has 0 atom stereocenters. The summed E-state index contributed by atoms with van der Waals surface area (Å²) in [7, 11) is -0.142. The molecule has 0 radical (unpaired) electrons. The zero-order valence-electron chi connectivity index (χ0n) is 15.5. The van der Waals surface area contributed by atoms with Gasteiger partial charge in [0.05, 0.1) is 27.2 Å². The van der Waals surface area contributed by atoms with E-state index in [1.54, 1.807) is 0 Å². The van der Waals surface area contributed by atoms with E-state index in [0.717, 1.165) is 19.5 Å². The highest BCUT2D eigenvalue weighted by molar-refractivity contribution is 7.48. The molecule has 2 aromatic rings. The van der Waals surface area contributed by atoms with Crippen LogP contribution in [0.4, 0.5) is 0 Å². The van der Waals surface area contributed by atoms with Crippen molar-refractivity contribution < 1.29 is 23.5 Å². The van der Waals surface area contributed by atoms with Gasteiger partial charge in [-0.25, -0.2) is 18.3 Å².